The molecule has 0 radical (unpaired) electrons. The van der Waals surface area contributed by atoms with E-state index < -0.39 is 0 Å². The lowest BCUT2D eigenvalue weighted by atomic mass is 10.4. The van der Waals surface area contributed by atoms with Crippen LogP contribution in [0.25, 0.3) is 0 Å². The molecule has 1 aromatic heterocycles. The zero-order valence-corrected chi connectivity index (χ0v) is 8.32. The van der Waals surface area contributed by atoms with Gasteiger partial charge >= 0.3 is 0 Å². The van der Waals surface area contributed by atoms with Crippen LogP contribution >= 0.6 is 24.4 Å². The lowest BCUT2D eigenvalue weighted by molar-refractivity contribution is 0.694. The third-order valence-corrected chi connectivity index (χ3v) is 2.32. The minimum absolute atomic E-state index is 0.670. The first-order chi connectivity index (χ1) is 5.29. The van der Waals surface area contributed by atoms with Crippen LogP contribution in [0.1, 0.15) is 11.4 Å². The molecule has 0 aliphatic carbocycles. The van der Waals surface area contributed by atoms with E-state index in [9.17, 15) is 0 Å². The Morgan fingerprint density at radius 2 is 2.36 bits per heavy atom. The predicted octanol–water partition coefficient (Wildman–Crippen LogP) is 1.11. The van der Waals surface area contributed by atoms with E-state index in [-0.39, 0.29) is 0 Å². The van der Waals surface area contributed by atoms with Crippen molar-refractivity contribution in [3.05, 3.63) is 11.4 Å². The summed E-state index contributed by atoms with van der Waals surface area (Å²) in [5.41, 5.74) is 2.16. The molecule has 0 amide bonds. The largest absolute Gasteiger partial charge is 0.251 e. The zero-order chi connectivity index (χ0) is 8.27. The molecule has 1 rings (SSSR count). The summed E-state index contributed by atoms with van der Waals surface area (Å²) in [6, 6.07) is 0. The molecule has 0 bridgehead atoms. The van der Waals surface area contributed by atoms with Crippen molar-refractivity contribution in [1.29, 1.82) is 0 Å². The lowest BCUT2D eigenvalue weighted by Gasteiger charge is -1.98. The van der Waals surface area contributed by atoms with Crippen LogP contribution in [0.3, 0.4) is 0 Å². The van der Waals surface area contributed by atoms with Crippen LogP contribution in [0, 0.1) is 0 Å². The fourth-order valence-corrected chi connectivity index (χ4v) is 1.73. The summed E-state index contributed by atoms with van der Waals surface area (Å²) in [4.78, 5) is 0. The van der Waals surface area contributed by atoms with Gasteiger partial charge in [-0.25, -0.2) is 0 Å². The Morgan fingerprint density at radius 3 is 2.91 bits per heavy atom. The quantitative estimate of drug-likeness (QED) is 0.723. The van der Waals surface area contributed by atoms with E-state index in [1.165, 1.54) is 5.69 Å². The SMILES string of the molecule is CSCc1c(CS)nnn1C. The molecule has 0 fully saturated rings. The molecule has 0 aliphatic rings. The number of aryl methyl sites for hydroxylation is 1. The first kappa shape index (κ1) is 8.93. The molecule has 0 saturated carbocycles. The molecule has 11 heavy (non-hydrogen) atoms. The average molecular weight is 189 g/mol. The smallest absolute Gasteiger partial charge is 0.0963 e. The van der Waals surface area contributed by atoms with Crippen LogP contribution in [-0.4, -0.2) is 21.2 Å². The van der Waals surface area contributed by atoms with Crippen molar-refractivity contribution < 1.29 is 0 Å². The van der Waals surface area contributed by atoms with Crippen LogP contribution in [0.5, 0.6) is 0 Å². The van der Waals surface area contributed by atoms with Gasteiger partial charge in [-0.2, -0.15) is 24.4 Å². The summed E-state index contributed by atoms with van der Waals surface area (Å²) in [5, 5.41) is 7.89. The van der Waals surface area contributed by atoms with Gasteiger partial charge in [-0.1, -0.05) is 5.21 Å². The second-order valence-corrected chi connectivity index (χ2v) is 3.38. The third kappa shape index (κ3) is 1.90. The number of nitrogens with zero attached hydrogens (tertiary/aromatic N) is 3. The minimum atomic E-state index is 0.670. The van der Waals surface area contributed by atoms with Gasteiger partial charge in [-0.05, 0) is 6.26 Å². The van der Waals surface area contributed by atoms with E-state index in [4.69, 9.17) is 0 Å². The Labute approximate surface area is 76.0 Å². The standard InChI is InChI=1S/C6H11N3S2/c1-9-6(4-11-2)5(3-10)7-8-9/h10H,3-4H2,1-2H3. The van der Waals surface area contributed by atoms with Crippen molar-refractivity contribution in [1.82, 2.24) is 15.0 Å². The Bertz CT molecular complexity index is 234. The summed E-state index contributed by atoms with van der Waals surface area (Å²) in [6.45, 7) is 0. The van der Waals surface area contributed by atoms with Gasteiger partial charge in [0, 0.05) is 18.6 Å². The van der Waals surface area contributed by atoms with Gasteiger partial charge < -0.3 is 0 Å². The molecule has 0 aromatic carbocycles. The van der Waals surface area contributed by atoms with Crippen LogP contribution < -0.4 is 0 Å². The summed E-state index contributed by atoms with van der Waals surface area (Å²) >= 11 is 5.93. The van der Waals surface area contributed by atoms with E-state index >= 15 is 0 Å². The van der Waals surface area contributed by atoms with Crippen molar-refractivity contribution in [2.24, 2.45) is 7.05 Å². The highest BCUT2D eigenvalue weighted by atomic mass is 32.2. The highest BCUT2D eigenvalue weighted by molar-refractivity contribution is 7.97. The molecular weight excluding hydrogens is 178 g/mol. The van der Waals surface area contributed by atoms with Gasteiger partial charge in [-0.15, -0.1) is 5.10 Å². The Hall–Kier alpha value is -0.160. The summed E-state index contributed by atoms with van der Waals surface area (Å²) in [7, 11) is 1.91. The van der Waals surface area contributed by atoms with Gasteiger partial charge in [0.1, 0.15) is 0 Å². The topological polar surface area (TPSA) is 30.7 Å². The number of rotatable bonds is 3. The summed E-state index contributed by atoms with van der Waals surface area (Å²) in [5.74, 6) is 1.63. The zero-order valence-electron chi connectivity index (χ0n) is 6.61. The van der Waals surface area contributed by atoms with Crippen molar-refractivity contribution in [2.75, 3.05) is 6.26 Å². The molecule has 0 aliphatic heterocycles. The number of thiol groups is 1. The van der Waals surface area contributed by atoms with Crippen LogP contribution in [0.15, 0.2) is 0 Å². The molecule has 62 valence electrons. The second kappa shape index (κ2) is 4.01. The molecular formula is C6H11N3S2. The summed E-state index contributed by atoms with van der Waals surface area (Å²) < 4.78 is 1.81. The van der Waals surface area contributed by atoms with Gasteiger partial charge in [-0.3, -0.25) is 4.68 Å². The Morgan fingerprint density at radius 1 is 1.64 bits per heavy atom. The predicted molar refractivity (Wildman–Crippen MR) is 50.9 cm³/mol. The van der Waals surface area contributed by atoms with Crippen LogP contribution in [0.4, 0.5) is 0 Å². The molecule has 1 aromatic rings. The molecule has 0 atom stereocenters. The maximum absolute atomic E-state index is 4.16. The molecule has 0 saturated heterocycles. The first-order valence-electron chi connectivity index (χ1n) is 3.26. The fourth-order valence-electron chi connectivity index (χ4n) is 0.856. The second-order valence-electron chi connectivity index (χ2n) is 2.20. The van der Waals surface area contributed by atoms with Gasteiger partial charge in [0.2, 0.25) is 0 Å². The van der Waals surface area contributed by atoms with E-state index in [0.29, 0.717) is 5.75 Å². The molecule has 5 heteroatoms. The first-order valence-corrected chi connectivity index (χ1v) is 5.29. The van der Waals surface area contributed by atoms with Crippen LogP contribution in [-0.2, 0) is 18.6 Å². The van der Waals surface area contributed by atoms with Crippen LogP contribution in [0.2, 0.25) is 0 Å². The van der Waals surface area contributed by atoms with Crippen molar-refractivity contribution in [2.45, 2.75) is 11.5 Å². The maximum atomic E-state index is 4.16. The Kier molecular flexibility index (Phi) is 3.26. The fraction of sp³-hybridized carbons (Fsp3) is 0.667. The van der Waals surface area contributed by atoms with Gasteiger partial charge in [0.15, 0.2) is 0 Å². The van der Waals surface area contributed by atoms with E-state index in [0.717, 1.165) is 11.4 Å². The van der Waals surface area contributed by atoms with Gasteiger partial charge in [0.25, 0.3) is 0 Å². The van der Waals surface area contributed by atoms with Crippen molar-refractivity contribution in [3.8, 4) is 0 Å². The molecule has 0 unspecified atom stereocenters. The number of aromatic nitrogens is 3. The molecule has 3 nitrogen and oxygen atoms in total. The van der Waals surface area contributed by atoms with Crippen molar-refractivity contribution in [3.63, 3.8) is 0 Å². The minimum Gasteiger partial charge on any atom is -0.251 e. The van der Waals surface area contributed by atoms with E-state index in [2.05, 4.69) is 29.2 Å². The third-order valence-electron chi connectivity index (χ3n) is 1.45. The number of thioether (sulfide) groups is 1. The molecule has 0 spiro atoms. The maximum Gasteiger partial charge on any atom is 0.0963 e. The van der Waals surface area contributed by atoms with E-state index in [1.807, 2.05) is 11.7 Å². The van der Waals surface area contributed by atoms with Gasteiger partial charge in [0.05, 0.1) is 11.4 Å². The normalized spacial score (nSPS) is 10.5. The lowest BCUT2D eigenvalue weighted by Crippen LogP contribution is -1.97. The summed E-state index contributed by atoms with van der Waals surface area (Å²) in [6.07, 6.45) is 2.06. The average Bonchev–Trinajstić information content (AvgIpc) is 2.34. The highest BCUT2D eigenvalue weighted by Crippen LogP contribution is 2.12. The number of hydrogen-bond donors (Lipinski definition) is 1. The molecule has 0 N–H and O–H groups in total. The number of hydrogen-bond acceptors (Lipinski definition) is 4. The highest BCUT2D eigenvalue weighted by Gasteiger charge is 2.06. The molecule has 1 heterocycles. The monoisotopic (exact) mass is 189 g/mol. The Balaban J connectivity index is 2.88. The van der Waals surface area contributed by atoms with E-state index in [1.54, 1.807) is 11.8 Å². The van der Waals surface area contributed by atoms with Crippen molar-refractivity contribution >= 4 is 24.4 Å².